The quantitative estimate of drug-likeness (QED) is 0.601. The van der Waals surface area contributed by atoms with Crippen molar-refractivity contribution < 1.29 is 19.0 Å². The molecule has 5 heteroatoms. The number of esters is 1. The Morgan fingerprint density at radius 2 is 2.00 bits per heavy atom. The maximum absolute atomic E-state index is 11.4. The third-order valence-corrected chi connectivity index (χ3v) is 2.66. The van der Waals surface area contributed by atoms with Crippen LogP contribution in [0.3, 0.4) is 0 Å². The van der Waals surface area contributed by atoms with E-state index in [9.17, 15) is 4.79 Å². The minimum Gasteiger partial charge on any atom is -0.491 e. The van der Waals surface area contributed by atoms with Gasteiger partial charge in [-0.15, -0.1) is 0 Å². The third-order valence-electron chi connectivity index (χ3n) is 2.26. The van der Waals surface area contributed by atoms with Crippen molar-refractivity contribution in [1.82, 2.24) is 0 Å². The van der Waals surface area contributed by atoms with Crippen LogP contribution in [-0.2, 0) is 9.47 Å². The number of rotatable bonds is 5. The van der Waals surface area contributed by atoms with Crippen molar-refractivity contribution in [3.63, 3.8) is 0 Å². The van der Waals surface area contributed by atoms with Crippen molar-refractivity contribution in [3.05, 3.63) is 28.3 Å². The van der Waals surface area contributed by atoms with Crippen LogP contribution in [-0.4, -0.2) is 33.4 Å². The number of benzene rings is 1. The van der Waals surface area contributed by atoms with Crippen LogP contribution in [0.1, 0.15) is 15.9 Å². The molecule has 0 unspecified atom stereocenters. The highest BCUT2D eigenvalue weighted by atomic mass is 35.5. The lowest BCUT2D eigenvalue weighted by molar-refractivity contribution is 0.0600. The van der Waals surface area contributed by atoms with E-state index in [0.29, 0.717) is 29.5 Å². The third kappa shape index (κ3) is 3.61. The van der Waals surface area contributed by atoms with Crippen LogP contribution in [0.2, 0.25) is 5.02 Å². The SMILES string of the molecule is COCCOc1cc(C(=O)OC)cc(Cl)c1C. The van der Waals surface area contributed by atoms with Gasteiger partial charge in [0.05, 0.1) is 19.3 Å². The highest BCUT2D eigenvalue weighted by Gasteiger charge is 2.12. The van der Waals surface area contributed by atoms with Gasteiger partial charge in [-0.05, 0) is 19.1 Å². The van der Waals surface area contributed by atoms with Gasteiger partial charge < -0.3 is 14.2 Å². The molecular weight excluding hydrogens is 244 g/mol. The monoisotopic (exact) mass is 258 g/mol. The first-order valence-electron chi connectivity index (χ1n) is 5.10. The fourth-order valence-electron chi connectivity index (χ4n) is 1.27. The Balaban J connectivity index is 2.94. The predicted octanol–water partition coefficient (Wildman–Crippen LogP) is 2.46. The Hall–Kier alpha value is -1.26. The minimum atomic E-state index is -0.441. The highest BCUT2D eigenvalue weighted by Crippen LogP contribution is 2.28. The topological polar surface area (TPSA) is 44.8 Å². The second-order valence-corrected chi connectivity index (χ2v) is 3.82. The summed E-state index contributed by atoms with van der Waals surface area (Å²) < 4.78 is 15.0. The number of carbonyl (C=O) groups excluding carboxylic acids is 1. The van der Waals surface area contributed by atoms with Gasteiger partial charge in [0.1, 0.15) is 12.4 Å². The van der Waals surface area contributed by atoms with Crippen molar-refractivity contribution in [2.24, 2.45) is 0 Å². The first-order chi connectivity index (χ1) is 8.10. The van der Waals surface area contributed by atoms with Gasteiger partial charge in [0.15, 0.2) is 0 Å². The smallest absolute Gasteiger partial charge is 0.338 e. The summed E-state index contributed by atoms with van der Waals surface area (Å²) in [6, 6.07) is 3.18. The molecule has 0 amide bonds. The summed E-state index contributed by atoms with van der Waals surface area (Å²) in [4.78, 5) is 11.4. The van der Waals surface area contributed by atoms with E-state index in [0.717, 1.165) is 5.56 Å². The molecular formula is C12H15ClO4. The molecule has 0 fully saturated rings. The largest absolute Gasteiger partial charge is 0.491 e. The number of halogens is 1. The summed E-state index contributed by atoms with van der Waals surface area (Å²) in [6.07, 6.45) is 0. The number of hydrogen-bond acceptors (Lipinski definition) is 4. The molecule has 0 saturated heterocycles. The molecule has 0 radical (unpaired) electrons. The molecule has 0 aromatic heterocycles. The molecule has 0 aliphatic heterocycles. The van der Waals surface area contributed by atoms with E-state index in [2.05, 4.69) is 4.74 Å². The standard InChI is InChI=1S/C12H15ClO4/c1-8-10(13)6-9(12(14)16-3)7-11(8)17-5-4-15-2/h6-7H,4-5H2,1-3H3. The first kappa shape index (κ1) is 13.8. The Kier molecular flexibility index (Phi) is 5.25. The molecule has 0 spiro atoms. The van der Waals surface area contributed by atoms with E-state index in [-0.39, 0.29) is 0 Å². The lowest BCUT2D eigenvalue weighted by Gasteiger charge is -2.11. The van der Waals surface area contributed by atoms with E-state index in [1.54, 1.807) is 19.2 Å². The zero-order chi connectivity index (χ0) is 12.8. The van der Waals surface area contributed by atoms with Gasteiger partial charge in [-0.2, -0.15) is 0 Å². The molecule has 0 aliphatic carbocycles. The first-order valence-corrected chi connectivity index (χ1v) is 5.48. The van der Waals surface area contributed by atoms with Gasteiger partial charge in [0.25, 0.3) is 0 Å². The summed E-state index contributed by atoms with van der Waals surface area (Å²) >= 11 is 6.01. The van der Waals surface area contributed by atoms with Crippen molar-refractivity contribution in [2.75, 3.05) is 27.4 Å². The van der Waals surface area contributed by atoms with E-state index >= 15 is 0 Å². The average Bonchev–Trinajstić information content (AvgIpc) is 2.33. The van der Waals surface area contributed by atoms with Gasteiger partial charge in [0.2, 0.25) is 0 Å². The molecule has 1 aromatic carbocycles. The summed E-state index contributed by atoms with van der Waals surface area (Å²) in [5, 5.41) is 0.473. The zero-order valence-electron chi connectivity index (χ0n) is 10.1. The molecule has 0 aliphatic rings. The Morgan fingerprint density at radius 3 is 2.59 bits per heavy atom. The average molecular weight is 259 g/mol. The van der Waals surface area contributed by atoms with Crippen molar-refractivity contribution >= 4 is 17.6 Å². The van der Waals surface area contributed by atoms with Crippen LogP contribution >= 0.6 is 11.6 Å². The Labute approximate surface area is 105 Å². The van der Waals surface area contributed by atoms with Gasteiger partial charge in [-0.25, -0.2) is 4.79 Å². The number of hydrogen-bond donors (Lipinski definition) is 0. The lowest BCUT2D eigenvalue weighted by Crippen LogP contribution is -2.07. The van der Waals surface area contributed by atoms with E-state index in [1.807, 2.05) is 6.92 Å². The maximum atomic E-state index is 11.4. The molecule has 0 heterocycles. The number of ether oxygens (including phenoxy) is 3. The van der Waals surface area contributed by atoms with Crippen molar-refractivity contribution in [2.45, 2.75) is 6.92 Å². The second kappa shape index (κ2) is 6.47. The molecule has 0 bridgehead atoms. The molecule has 94 valence electrons. The molecule has 4 nitrogen and oxygen atoms in total. The number of carbonyl (C=O) groups is 1. The normalized spacial score (nSPS) is 10.1. The van der Waals surface area contributed by atoms with E-state index in [1.165, 1.54) is 7.11 Å². The molecule has 1 aromatic rings. The lowest BCUT2D eigenvalue weighted by atomic mass is 10.1. The Morgan fingerprint density at radius 1 is 1.29 bits per heavy atom. The van der Waals surface area contributed by atoms with E-state index in [4.69, 9.17) is 21.1 Å². The van der Waals surface area contributed by atoms with Gasteiger partial charge in [0, 0.05) is 17.7 Å². The highest BCUT2D eigenvalue weighted by molar-refractivity contribution is 6.31. The predicted molar refractivity (Wildman–Crippen MR) is 64.9 cm³/mol. The fraction of sp³-hybridized carbons (Fsp3) is 0.417. The second-order valence-electron chi connectivity index (χ2n) is 3.41. The van der Waals surface area contributed by atoms with Crippen molar-refractivity contribution in [3.8, 4) is 5.75 Å². The van der Waals surface area contributed by atoms with Gasteiger partial charge >= 0.3 is 5.97 Å². The molecule has 0 N–H and O–H groups in total. The maximum Gasteiger partial charge on any atom is 0.338 e. The summed E-state index contributed by atoms with van der Waals surface area (Å²) in [7, 11) is 2.91. The van der Waals surface area contributed by atoms with Crippen LogP contribution in [0.15, 0.2) is 12.1 Å². The van der Waals surface area contributed by atoms with Gasteiger partial charge in [-0.3, -0.25) is 0 Å². The van der Waals surface area contributed by atoms with E-state index < -0.39 is 5.97 Å². The van der Waals surface area contributed by atoms with Crippen LogP contribution in [0.4, 0.5) is 0 Å². The Bertz CT molecular complexity index is 404. The summed E-state index contributed by atoms with van der Waals surface area (Å²) in [6.45, 7) is 2.70. The summed E-state index contributed by atoms with van der Waals surface area (Å²) in [5.74, 6) is 0.124. The summed E-state index contributed by atoms with van der Waals surface area (Å²) in [5.41, 5.74) is 1.16. The van der Waals surface area contributed by atoms with Gasteiger partial charge in [-0.1, -0.05) is 11.6 Å². The molecule has 0 atom stereocenters. The van der Waals surface area contributed by atoms with Crippen LogP contribution < -0.4 is 4.74 Å². The molecule has 1 rings (SSSR count). The van der Waals surface area contributed by atoms with Crippen molar-refractivity contribution in [1.29, 1.82) is 0 Å². The van der Waals surface area contributed by atoms with Crippen LogP contribution in [0, 0.1) is 6.92 Å². The minimum absolute atomic E-state index is 0.371. The van der Waals surface area contributed by atoms with Crippen LogP contribution in [0.5, 0.6) is 5.75 Å². The number of methoxy groups -OCH3 is 2. The molecule has 0 saturated carbocycles. The molecule has 17 heavy (non-hydrogen) atoms. The fourth-order valence-corrected chi connectivity index (χ4v) is 1.48. The van der Waals surface area contributed by atoms with Crippen LogP contribution in [0.25, 0.3) is 0 Å². The zero-order valence-corrected chi connectivity index (χ0v) is 10.8.